The first-order chi connectivity index (χ1) is 14.4. The monoisotopic (exact) mass is 409 g/mol. The number of hydrogen-bond donors (Lipinski definition) is 1. The van der Waals surface area contributed by atoms with Crippen LogP contribution in [-0.2, 0) is 13.5 Å². The molecule has 0 radical (unpaired) electrons. The molecule has 8 heteroatoms. The Kier molecular flexibility index (Phi) is 7.87. The van der Waals surface area contributed by atoms with E-state index in [2.05, 4.69) is 10.2 Å². The van der Waals surface area contributed by atoms with Crippen molar-refractivity contribution in [1.29, 1.82) is 5.26 Å². The number of carbonyl (C=O) groups excluding carboxylic acids is 1. The van der Waals surface area contributed by atoms with Gasteiger partial charge in [-0.2, -0.15) is 10.4 Å². The van der Waals surface area contributed by atoms with E-state index in [1.165, 1.54) is 7.05 Å². The minimum atomic E-state index is -0.556. The summed E-state index contributed by atoms with van der Waals surface area (Å²) in [5.41, 5.74) is 0.969. The fourth-order valence-electron chi connectivity index (χ4n) is 3.09. The molecule has 0 atom stereocenters. The average molecular weight is 409 g/mol. The van der Waals surface area contributed by atoms with E-state index in [0.717, 1.165) is 17.4 Å². The van der Waals surface area contributed by atoms with E-state index in [1.807, 2.05) is 26.8 Å². The number of carbonyl (C=O) groups is 1. The van der Waals surface area contributed by atoms with Gasteiger partial charge in [-0.3, -0.25) is 14.2 Å². The van der Waals surface area contributed by atoms with Gasteiger partial charge in [0.15, 0.2) is 5.69 Å². The number of unbranched alkanes of at least 4 members (excludes halogenated alkanes) is 1. The van der Waals surface area contributed by atoms with Crippen molar-refractivity contribution in [2.45, 2.75) is 40.0 Å². The Morgan fingerprint density at radius 1 is 1.17 bits per heavy atom. The number of amides is 1. The minimum Gasteiger partial charge on any atom is -0.493 e. The highest BCUT2D eigenvalue weighted by Gasteiger charge is 2.20. The van der Waals surface area contributed by atoms with Crippen LogP contribution in [0.1, 0.15) is 55.1 Å². The van der Waals surface area contributed by atoms with Gasteiger partial charge in [-0.15, -0.1) is 5.11 Å². The van der Waals surface area contributed by atoms with E-state index in [1.54, 1.807) is 29.2 Å². The van der Waals surface area contributed by atoms with Crippen molar-refractivity contribution in [2.24, 2.45) is 17.3 Å². The molecule has 8 nitrogen and oxygen atoms in total. The molecule has 0 aliphatic heterocycles. The largest absolute Gasteiger partial charge is 0.493 e. The summed E-state index contributed by atoms with van der Waals surface area (Å²) in [7, 11) is 1.38. The van der Waals surface area contributed by atoms with Crippen molar-refractivity contribution in [3.63, 3.8) is 0 Å². The molecule has 0 bridgehead atoms. The summed E-state index contributed by atoms with van der Waals surface area (Å²) in [6, 6.07) is 8.61. The van der Waals surface area contributed by atoms with Crippen LogP contribution in [0.4, 0.5) is 11.4 Å². The van der Waals surface area contributed by atoms with E-state index < -0.39 is 5.56 Å². The Bertz CT molecular complexity index is 1030. The molecular weight excluding hydrogens is 382 g/mol. The maximum absolute atomic E-state index is 12.4. The maximum atomic E-state index is 12.4. The summed E-state index contributed by atoms with van der Waals surface area (Å²) in [6.07, 6.45) is 2.04. The highest BCUT2D eigenvalue weighted by Crippen LogP contribution is 2.33. The van der Waals surface area contributed by atoms with Crippen molar-refractivity contribution in [2.75, 3.05) is 13.1 Å². The van der Waals surface area contributed by atoms with Crippen molar-refractivity contribution in [3.8, 4) is 11.9 Å². The Labute approximate surface area is 176 Å². The first-order valence-corrected chi connectivity index (χ1v) is 10.0. The highest BCUT2D eigenvalue weighted by molar-refractivity contribution is 5.94. The van der Waals surface area contributed by atoms with Gasteiger partial charge in [0.05, 0.1) is 5.69 Å². The van der Waals surface area contributed by atoms with Crippen LogP contribution in [0.15, 0.2) is 39.3 Å². The summed E-state index contributed by atoms with van der Waals surface area (Å²) < 4.78 is 0.994. The average Bonchev–Trinajstić information content (AvgIpc) is 2.76. The van der Waals surface area contributed by atoms with Crippen molar-refractivity contribution in [1.82, 2.24) is 9.47 Å². The zero-order valence-electron chi connectivity index (χ0n) is 17.8. The van der Waals surface area contributed by atoms with Crippen LogP contribution < -0.4 is 5.56 Å². The molecule has 2 rings (SSSR count). The third-order valence-corrected chi connectivity index (χ3v) is 4.96. The molecule has 1 aromatic carbocycles. The van der Waals surface area contributed by atoms with Crippen molar-refractivity contribution >= 4 is 17.3 Å². The number of hydrogen-bond acceptors (Lipinski definition) is 6. The summed E-state index contributed by atoms with van der Waals surface area (Å²) in [5.74, 6) is -0.387. The number of aromatic hydroxyl groups is 1. The number of nitrogens with zero attached hydrogens (tertiary/aromatic N) is 5. The second-order valence-electron chi connectivity index (χ2n) is 6.83. The van der Waals surface area contributed by atoms with E-state index in [0.29, 0.717) is 36.3 Å². The van der Waals surface area contributed by atoms with Gasteiger partial charge in [-0.25, -0.2) is 0 Å². The van der Waals surface area contributed by atoms with E-state index in [-0.39, 0.29) is 23.0 Å². The number of azo groups is 1. The molecule has 1 aromatic heterocycles. The fourth-order valence-corrected chi connectivity index (χ4v) is 3.09. The van der Waals surface area contributed by atoms with Crippen LogP contribution in [0.5, 0.6) is 5.88 Å². The highest BCUT2D eigenvalue weighted by atomic mass is 16.3. The third-order valence-electron chi connectivity index (χ3n) is 4.96. The van der Waals surface area contributed by atoms with Gasteiger partial charge >= 0.3 is 0 Å². The quantitative estimate of drug-likeness (QED) is 0.658. The molecule has 1 heterocycles. The number of benzene rings is 1. The summed E-state index contributed by atoms with van der Waals surface area (Å²) >= 11 is 0. The zero-order valence-corrected chi connectivity index (χ0v) is 17.8. The molecule has 1 amide bonds. The first kappa shape index (κ1) is 22.8. The van der Waals surface area contributed by atoms with Crippen LogP contribution in [0, 0.1) is 11.3 Å². The lowest BCUT2D eigenvalue weighted by Gasteiger charge is -2.18. The van der Waals surface area contributed by atoms with Crippen molar-refractivity contribution in [3.05, 3.63) is 51.3 Å². The molecule has 0 saturated heterocycles. The van der Waals surface area contributed by atoms with E-state index in [4.69, 9.17) is 0 Å². The molecule has 30 heavy (non-hydrogen) atoms. The number of nitriles is 1. The predicted octanol–water partition coefficient (Wildman–Crippen LogP) is 4.20. The summed E-state index contributed by atoms with van der Waals surface area (Å²) in [5, 5.41) is 28.2. The Morgan fingerprint density at radius 3 is 2.33 bits per heavy atom. The van der Waals surface area contributed by atoms with Crippen LogP contribution in [0.25, 0.3) is 0 Å². The number of pyridine rings is 1. The normalized spacial score (nSPS) is 10.9. The fraction of sp³-hybridized carbons (Fsp3) is 0.409. The maximum Gasteiger partial charge on any atom is 0.271 e. The summed E-state index contributed by atoms with van der Waals surface area (Å²) in [4.78, 5) is 26.4. The molecule has 0 unspecified atom stereocenters. The molecule has 158 valence electrons. The first-order valence-electron chi connectivity index (χ1n) is 10.0. The Hall–Kier alpha value is -3.47. The summed E-state index contributed by atoms with van der Waals surface area (Å²) in [6.45, 7) is 7.11. The molecule has 0 spiro atoms. The Morgan fingerprint density at radius 2 is 1.80 bits per heavy atom. The second kappa shape index (κ2) is 10.3. The van der Waals surface area contributed by atoms with Gasteiger partial charge in [0.25, 0.3) is 11.5 Å². The lowest BCUT2D eigenvalue weighted by Crippen LogP contribution is -2.30. The minimum absolute atomic E-state index is 0.0298. The SMILES string of the molecule is CCCCc1c(/N=N/c2ccc(C(=O)N(CC)CC)cc2)c(O)n(C)c(=O)c1C#N. The Balaban J connectivity index is 2.42. The number of rotatable bonds is 8. The molecule has 1 N–H and O–H groups in total. The number of aromatic nitrogens is 1. The topological polar surface area (TPSA) is 111 Å². The second-order valence-corrected chi connectivity index (χ2v) is 6.83. The van der Waals surface area contributed by atoms with Crippen LogP contribution in [0.3, 0.4) is 0 Å². The lowest BCUT2D eigenvalue weighted by molar-refractivity contribution is 0.0773. The van der Waals surface area contributed by atoms with Crippen LogP contribution >= 0.6 is 0 Å². The van der Waals surface area contributed by atoms with Gasteiger partial charge in [-0.05, 0) is 51.0 Å². The zero-order chi connectivity index (χ0) is 22.3. The van der Waals surface area contributed by atoms with Gasteiger partial charge in [0.1, 0.15) is 11.6 Å². The van der Waals surface area contributed by atoms with Gasteiger partial charge in [0.2, 0.25) is 5.88 Å². The third kappa shape index (κ3) is 4.74. The smallest absolute Gasteiger partial charge is 0.271 e. The van der Waals surface area contributed by atoms with Gasteiger partial charge in [-0.1, -0.05) is 13.3 Å². The van der Waals surface area contributed by atoms with Crippen LogP contribution in [0.2, 0.25) is 0 Å². The van der Waals surface area contributed by atoms with E-state index >= 15 is 0 Å². The molecule has 0 saturated carbocycles. The predicted molar refractivity (Wildman–Crippen MR) is 115 cm³/mol. The molecular formula is C22H27N5O3. The molecule has 0 aliphatic rings. The molecule has 2 aromatic rings. The van der Waals surface area contributed by atoms with Crippen LogP contribution in [-0.4, -0.2) is 33.6 Å². The van der Waals surface area contributed by atoms with Crippen molar-refractivity contribution < 1.29 is 9.90 Å². The van der Waals surface area contributed by atoms with Gasteiger partial charge < -0.3 is 10.0 Å². The molecule has 0 fully saturated rings. The molecule has 0 aliphatic carbocycles. The van der Waals surface area contributed by atoms with E-state index in [9.17, 15) is 20.0 Å². The van der Waals surface area contributed by atoms with Gasteiger partial charge in [0, 0.05) is 31.3 Å². The lowest BCUT2D eigenvalue weighted by atomic mass is 10.0. The standard InChI is InChI=1S/C22H27N5O3/c1-5-8-9-17-18(14-23)21(29)26(4)22(30)19(17)25-24-16-12-10-15(11-13-16)20(28)27(6-2)7-3/h10-13,30H,5-9H2,1-4H3/b25-24+.